The number of nitrogens with zero attached hydrogens (tertiary/aromatic N) is 2. The zero-order chi connectivity index (χ0) is 18.7. The minimum Gasteiger partial charge on any atom is -0.497 e. The van der Waals surface area contributed by atoms with Gasteiger partial charge < -0.3 is 19.5 Å². The van der Waals surface area contributed by atoms with Gasteiger partial charge >= 0.3 is 5.69 Å². The van der Waals surface area contributed by atoms with E-state index in [4.69, 9.17) is 4.74 Å². The molecular weight excluding hydrogens is 340 g/mol. The molecule has 3 rings (SSSR count). The fraction of sp³-hybridized carbons (Fsp3) is 0.294. The Morgan fingerprint density at radius 2 is 1.50 bits per heavy atom. The predicted molar refractivity (Wildman–Crippen MR) is 92.5 cm³/mol. The van der Waals surface area contributed by atoms with E-state index in [9.17, 15) is 19.2 Å². The zero-order valence-electron chi connectivity index (χ0n) is 14.2. The van der Waals surface area contributed by atoms with Crippen molar-refractivity contribution >= 4 is 11.8 Å². The van der Waals surface area contributed by atoms with Crippen molar-refractivity contribution in [2.75, 3.05) is 33.3 Å². The maximum absolute atomic E-state index is 12.5. The van der Waals surface area contributed by atoms with Crippen molar-refractivity contribution in [1.29, 1.82) is 0 Å². The Morgan fingerprint density at radius 3 is 2.04 bits per heavy atom. The summed E-state index contributed by atoms with van der Waals surface area (Å²) in [6.07, 6.45) is 0. The molecule has 9 heteroatoms. The summed E-state index contributed by atoms with van der Waals surface area (Å²) in [5, 5.41) is 0. The van der Waals surface area contributed by atoms with E-state index in [1.165, 1.54) is 4.90 Å². The standard InChI is InChI=1S/C17H18N4O5/c1-26-12-4-2-11(3-5-12)15(23)20-6-8-21(9-7-20)16(24)13-10-14(22)19-17(25)18-13/h2-5,10H,6-9H2,1H3,(H2,18,19,22,25). The minimum atomic E-state index is -0.728. The van der Waals surface area contributed by atoms with Crippen LogP contribution in [0, 0.1) is 0 Å². The smallest absolute Gasteiger partial charge is 0.326 e. The van der Waals surface area contributed by atoms with E-state index >= 15 is 0 Å². The van der Waals surface area contributed by atoms with E-state index in [1.807, 2.05) is 4.98 Å². The average molecular weight is 358 g/mol. The second kappa shape index (κ2) is 7.26. The number of benzene rings is 1. The molecule has 0 bridgehead atoms. The second-order valence-electron chi connectivity index (χ2n) is 5.81. The summed E-state index contributed by atoms with van der Waals surface area (Å²) in [5.74, 6) is 0.109. The molecule has 0 radical (unpaired) electrons. The molecule has 0 saturated carbocycles. The van der Waals surface area contributed by atoms with Gasteiger partial charge in [-0.3, -0.25) is 19.4 Å². The summed E-state index contributed by atoms with van der Waals surface area (Å²) < 4.78 is 5.07. The number of ether oxygens (including phenoxy) is 1. The zero-order valence-corrected chi connectivity index (χ0v) is 14.2. The van der Waals surface area contributed by atoms with Crippen LogP contribution in [0.2, 0.25) is 0 Å². The van der Waals surface area contributed by atoms with Gasteiger partial charge in [0.25, 0.3) is 17.4 Å². The van der Waals surface area contributed by atoms with Crippen molar-refractivity contribution in [3.8, 4) is 5.75 Å². The van der Waals surface area contributed by atoms with Crippen LogP contribution in [0.4, 0.5) is 0 Å². The lowest BCUT2D eigenvalue weighted by molar-refractivity contribution is 0.0532. The first-order valence-electron chi connectivity index (χ1n) is 8.04. The van der Waals surface area contributed by atoms with Crippen LogP contribution < -0.4 is 16.0 Å². The molecule has 136 valence electrons. The lowest BCUT2D eigenvalue weighted by atomic mass is 10.1. The fourth-order valence-electron chi connectivity index (χ4n) is 2.78. The molecule has 1 fully saturated rings. The third-order valence-electron chi connectivity index (χ3n) is 4.18. The Bertz CT molecular complexity index is 895. The molecule has 0 aliphatic carbocycles. The molecule has 1 aromatic carbocycles. The van der Waals surface area contributed by atoms with Crippen molar-refractivity contribution in [2.24, 2.45) is 0 Å². The Kier molecular flexibility index (Phi) is 4.87. The van der Waals surface area contributed by atoms with E-state index in [0.29, 0.717) is 37.5 Å². The normalized spacial score (nSPS) is 14.2. The van der Waals surface area contributed by atoms with Gasteiger partial charge in [0, 0.05) is 37.8 Å². The summed E-state index contributed by atoms with van der Waals surface area (Å²) in [6, 6.07) is 7.88. The predicted octanol–water partition coefficient (Wildman–Crippen LogP) is -0.330. The number of amides is 2. The molecule has 9 nitrogen and oxygen atoms in total. The van der Waals surface area contributed by atoms with Crippen molar-refractivity contribution in [3.63, 3.8) is 0 Å². The molecule has 2 N–H and O–H groups in total. The Morgan fingerprint density at radius 1 is 0.923 bits per heavy atom. The number of carbonyl (C=O) groups excluding carboxylic acids is 2. The maximum atomic E-state index is 12.5. The number of aromatic amines is 2. The molecule has 2 amide bonds. The number of aromatic nitrogens is 2. The first-order valence-corrected chi connectivity index (χ1v) is 8.04. The highest BCUT2D eigenvalue weighted by Gasteiger charge is 2.26. The van der Waals surface area contributed by atoms with E-state index in [0.717, 1.165) is 6.07 Å². The van der Waals surface area contributed by atoms with Crippen LogP contribution in [0.1, 0.15) is 20.8 Å². The maximum Gasteiger partial charge on any atom is 0.326 e. The summed E-state index contributed by atoms with van der Waals surface area (Å²) in [4.78, 5) is 55.1. The van der Waals surface area contributed by atoms with E-state index in [1.54, 1.807) is 36.3 Å². The van der Waals surface area contributed by atoms with Crippen LogP contribution in [0.15, 0.2) is 39.9 Å². The van der Waals surface area contributed by atoms with Crippen molar-refractivity contribution < 1.29 is 14.3 Å². The molecule has 0 spiro atoms. The van der Waals surface area contributed by atoms with Gasteiger partial charge in [-0.2, -0.15) is 0 Å². The van der Waals surface area contributed by atoms with Crippen LogP contribution in [0.3, 0.4) is 0 Å². The Hall–Kier alpha value is -3.36. The molecule has 2 aromatic rings. The third kappa shape index (κ3) is 3.66. The molecule has 0 unspecified atom stereocenters. The van der Waals surface area contributed by atoms with Crippen molar-refractivity contribution in [1.82, 2.24) is 19.8 Å². The topological polar surface area (TPSA) is 116 Å². The lowest BCUT2D eigenvalue weighted by Gasteiger charge is -2.34. The summed E-state index contributed by atoms with van der Waals surface area (Å²) in [7, 11) is 1.56. The quantitative estimate of drug-likeness (QED) is 0.779. The monoisotopic (exact) mass is 358 g/mol. The van der Waals surface area contributed by atoms with Crippen molar-refractivity contribution in [3.05, 3.63) is 62.4 Å². The first kappa shape index (κ1) is 17.5. The second-order valence-corrected chi connectivity index (χ2v) is 5.81. The highest BCUT2D eigenvalue weighted by molar-refractivity contribution is 5.95. The number of hydrogen-bond acceptors (Lipinski definition) is 5. The molecule has 1 aliphatic heterocycles. The molecule has 26 heavy (non-hydrogen) atoms. The molecule has 1 saturated heterocycles. The van der Waals surface area contributed by atoms with Gasteiger partial charge in [-0.05, 0) is 24.3 Å². The van der Waals surface area contributed by atoms with Gasteiger partial charge in [-0.1, -0.05) is 0 Å². The Balaban J connectivity index is 1.64. The van der Waals surface area contributed by atoms with Crippen LogP contribution in [-0.2, 0) is 0 Å². The summed E-state index contributed by atoms with van der Waals surface area (Å²) in [5.41, 5.74) is -0.877. The van der Waals surface area contributed by atoms with Crippen LogP contribution >= 0.6 is 0 Å². The lowest BCUT2D eigenvalue weighted by Crippen LogP contribution is -2.51. The van der Waals surface area contributed by atoms with E-state index < -0.39 is 17.2 Å². The number of carbonyl (C=O) groups is 2. The van der Waals surface area contributed by atoms with Crippen molar-refractivity contribution in [2.45, 2.75) is 0 Å². The van der Waals surface area contributed by atoms with E-state index in [2.05, 4.69) is 4.98 Å². The highest BCUT2D eigenvalue weighted by Crippen LogP contribution is 2.14. The number of piperazine rings is 1. The third-order valence-corrected chi connectivity index (χ3v) is 4.18. The molecular formula is C17H18N4O5. The largest absolute Gasteiger partial charge is 0.497 e. The van der Waals surface area contributed by atoms with Gasteiger partial charge in [-0.25, -0.2) is 4.79 Å². The first-order chi connectivity index (χ1) is 12.5. The van der Waals surface area contributed by atoms with E-state index in [-0.39, 0.29) is 11.6 Å². The summed E-state index contributed by atoms with van der Waals surface area (Å²) >= 11 is 0. The number of hydrogen-bond donors (Lipinski definition) is 2. The number of nitrogens with one attached hydrogen (secondary N) is 2. The molecule has 2 heterocycles. The fourth-order valence-corrected chi connectivity index (χ4v) is 2.78. The molecule has 1 aliphatic rings. The SMILES string of the molecule is COc1ccc(C(=O)N2CCN(C(=O)c3cc(=O)[nH]c(=O)[nH]3)CC2)cc1. The number of methoxy groups -OCH3 is 1. The minimum absolute atomic E-state index is 0.0614. The van der Waals surface area contributed by atoms with Gasteiger partial charge in [0.05, 0.1) is 7.11 Å². The average Bonchev–Trinajstić information content (AvgIpc) is 2.66. The molecule has 1 aromatic heterocycles. The van der Waals surface area contributed by atoms with Gasteiger partial charge in [0.15, 0.2) is 0 Å². The highest BCUT2D eigenvalue weighted by atomic mass is 16.5. The Labute approximate surface area is 148 Å². The number of H-pyrrole nitrogens is 2. The molecule has 0 atom stereocenters. The van der Waals surface area contributed by atoms with Crippen LogP contribution in [-0.4, -0.2) is 64.9 Å². The van der Waals surface area contributed by atoms with Crippen LogP contribution in [0.25, 0.3) is 0 Å². The van der Waals surface area contributed by atoms with Gasteiger partial charge in [0.2, 0.25) is 0 Å². The summed E-state index contributed by atoms with van der Waals surface area (Å²) in [6.45, 7) is 1.36. The van der Waals surface area contributed by atoms with Gasteiger partial charge in [0.1, 0.15) is 11.4 Å². The number of rotatable bonds is 3. The van der Waals surface area contributed by atoms with Crippen LogP contribution in [0.5, 0.6) is 5.75 Å². The van der Waals surface area contributed by atoms with Gasteiger partial charge in [-0.15, -0.1) is 0 Å².